The van der Waals surface area contributed by atoms with E-state index in [9.17, 15) is 9.90 Å². The summed E-state index contributed by atoms with van der Waals surface area (Å²) in [6.07, 6.45) is 2.86. The SMILES string of the molecule is CC1(C(=O)O)CCCC1N1CCOCC1. The second-order valence-corrected chi connectivity index (χ2v) is 4.78. The highest BCUT2D eigenvalue weighted by Crippen LogP contribution is 2.41. The predicted octanol–water partition coefficient (Wildman–Crippen LogP) is 0.962. The van der Waals surface area contributed by atoms with Crippen molar-refractivity contribution >= 4 is 5.97 Å². The fourth-order valence-electron chi connectivity index (χ4n) is 2.87. The summed E-state index contributed by atoms with van der Waals surface area (Å²) in [5, 5.41) is 9.32. The summed E-state index contributed by atoms with van der Waals surface area (Å²) < 4.78 is 5.30. The normalized spacial score (nSPS) is 38.1. The lowest BCUT2D eigenvalue weighted by Gasteiger charge is -2.39. The Morgan fingerprint density at radius 3 is 2.73 bits per heavy atom. The van der Waals surface area contributed by atoms with E-state index in [0.717, 1.165) is 45.6 Å². The molecule has 2 rings (SSSR count). The Morgan fingerprint density at radius 1 is 1.47 bits per heavy atom. The summed E-state index contributed by atoms with van der Waals surface area (Å²) in [6, 6.07) is 0.207. The summed E-state index contributed by atoms with van der Waals surface area (Å²) in [4.78, 5) is 13.6. The van der Waals surface area contributed by atoms with Crippen molar-refractivity contribution in [2.45, 2.75) is 32.2 Å². The van der Waals surface area contributed by atoms with Crippen LogP contribution in [0.3, 0.4) is 0 Å². The lowest BCUT2D eigenvalue weighted by Crippen LogP contribution is -2.51. The first-order valence-corrected chi connectivity index (χ1v) is 5.70. The van der Waals surface area contributed by atoms with Gasteiger partial charge in [0.1, 0.15) is 0 Å². The van der Waals surface area contributed by atoms with Crippen LogP contribution in [-0.2, 0) is 9.53 Å². The van der Waals surface area contributed by atoms with Gasteiger partial charge in [0, 0.05) is 19.1 Å². The molecule has 0 radical (unpaired) electrons. The molecule has 0 bridgehead atoms. The van der Waals surface area contributed by atoms with Crippen molar-refractivity contribution in [3.05, 3.63) is 0 Å². The largest absolute Gasteiger partial charge is 0.481 e. The molecule has 2 unspecified atom stereocenters. The van der Waals surface area contributed by atoms with E-state index in [2.05, 4.69) is 4.90 Å². The number of ether oxygens (including phenoxy) is 1. The van der Waals surface area contributed by atoms with Crippen molar-refractivity contribution < 1.29 is 14.6 Å². The third-order valence-corrected chi connectivity index (χ3v) is 3.88. The van der Waals surface area contributed by atoms with Gasteiger partial charge in [-0.3, -0.25) is 9.69 Å². The smallest absolute Gasteiger partial charge is 0.310 e. The molecule has 0 aromatic rings. The van der Waals surface area contributed by atoms with E-state index in [1.54, 1.807) is 0 Å². The Labute approximate surface area is 90.2 Å². The lowest BCUT2D eigenvalue weighted by molar-refractivity contribution is -0.152. The van der Waals surface area contributed by atoms with Crippen LogP contribution in [0.4, 0.5) is 0 Å². The molecule has 86 valence electrons. The van der Waals surface area contributed by atoms with Crippen LogP contribution in [0.15, 0.2) is 0 Å². The highest BCUT2D eigenvalue weighted by Gasteiger charge is 2.47. The maximum atomic E-state index is 11.3. The second-order valence-electron chi connectivity index (χ2n) is 4.78. The van der Waals surface area contributed by atoms with Crippen molar-refractivity contribution in [3.63, 3.8) is 0 Å². The number of carboxylic acid groups (broad SMARTS) is 1. The first-order chi connectivity index (χ1) is 7.14. The minimum Gasteiger partial charge on any atom is -0.481 e. The van der Waals surface area contributed by atoms with E-state index >= 15 is 0 Å². The van der Waals surface area contributed by atoms with Gasteiger partial charge < -0.3 is 9.84 Å². The number of rotatable bonds is 2. The highest BCUT2D eigenvalue weighted by atomic mass is 16.5. The molecule has 0 aromatic carbocycles. The number of carboxylic acids is 1. The van der Waals surface area contributed by atoms with Crippen LogP contribution in [0, 0.1) is 5.41 Å². The monoisotopic (exact) mass is 213 g/mol. The number of aliphatic carboxylic acids is 1. The topological polar surface area (TPSA) is 49.8 Å². The first-order valence-electron chi connectivity index (χ1n) is 5.70. The maximum Gasteiger partial charge on any atom is 0.310 e. The number of morpholine rings is 1. The van der Waals surface area contributed by atoms with Crippen LogP contribution in [-0.4, -0.2) is 48.3 Å². The van der Waals surface area contributed by atoms with Gasteiger partial charge in [0.2, 0.25) is 0 Å². The Kier molecular flexibility index (Phi) is 2.98. The molecule has 15 heavy (non-hydrogen) atoms. The fraction of sp³-hybridized carbons (Fsp3) is 0.909. The summed E-state index contributed by atoms with van der Waals surface area (Å²) in [6.45, 7) is 5.14. The number of carbonyl (C=O) groups is 1. The molecule has 4 heteroatoms. The number of nitrogens with zero attached hydrogens (tertiary/aromatic N) is 1. The molecule has 2 fully saturated rings. The van der Waals surface area contributed by atoms with Crippen LogP contribution in [0.1, 0.15) is 26.2 Å². The number of hydrogen-bond donors (Lipinski definition) is 1. The summed E-state index contributed by atoms with van der Waals surface area (Å²) in [5.74, 6) is -0.642. The standard InChI is InChI=1S/C11H19NO3/c1-11(10(13)14)4-2-3-9(11)12-5-7-15-8-6-12/h9H,2-8H2,1H3,(H,13,14). The number of hydrogen-bond acceptors (Lipinski definition) is 3. The highest BCUT2D eigenvalue weighted by molar-refractivity contribution is 5.75. The van der Waals surface area contributed by atoms with Crippen LogP contribution < -0.4 is 0 Å². The van der Waals surface area contributed by atoms with E-state index < -0.39 is 11.4 Å². The van der Waals surface area contributed by atoms with Gasteiger partial charge in [0.15, 0.2) is 0 Å². The second kappa shape index (κ2) is 4.10. The zero-order chi connectivity index (χ0) is 10.9. The average molecular weight is 213 g/mol. The fourth-order valence-corrected chi connectivity index (χ4v) is 2.87. The Morgan fingerprint density at radius 2 is 2.13 bits per heavy atom. The van der Waals surface area contributed by atoms with Crippen LogP contribution in [0.2, 0.25) is 0 Å². The van der Waals surface area contributed by atoms with E-state index in [0.29, 0.717) is 0 Å². The van der Waals surface area contributed by atoms with Gasteiger partial charge in [-0.2, -0.15) is 0 Å². The predicted molar refractivity (Wildman–Crippen MR) is 55.8 cm³/mol. The summed E-state index contributed by atoms with van der Waals surface area (Å²) in [7, 11) is 0. The van der Waals surface area contributed by atoms with Gasteiger partial charge in [-0.15, -0.1) is 0 Å². The molecule has 0 aromatic heterocycles. The lowest BCUT2D eigenvalue weighted by atomic mass is 9.84. The molecule has 1 aliphatic heterocycles. The molecule has 1 saturated carbocycles. The minimum atomic E-state index is -0.642. The quantitative estimate of drug-likeness (QED) is 0.742. The van der Waals surface area contributed by atoms with Crippen LogP contribution >= 0.6 is 0 Å². The molecule has 4 nitrogen and oxygen atoms in total. The van der Waals surface area contributed by atoms with Gasteiger partial charge in [-0.25, -0.2) is 0 Å². The van der Waals surface area contributed by atoms with Crippen molar-refractivity contribution in [2.24, 2.45) is 5.41 Å². The Hall–Kier alpha value is -0.610. The third-order valence-electron chi connectivity index (χ3n) is 3.88. The van der Waals surface area contributed by atoms with Gasteiger partial charge in [-0.05, 0) is 19.8 Å². The van der Waals surface area contributed by atoms with Crippen molar-refractivity contribution in [3.8, 4) is 0 Å². The molecule has 1 saturated heterocycles. The van der Waals surface area contributed by atoms with Gasteiger partial charge >= 0.3 is 5.97 Å². The van der Waals surface area contributed by atoms with Gasteiger partial charge in [-0.1, -0.05) is 6.42 Å². The zero-order valence-electron chi connectivity index (χ0n) is 9.24. The minimum absolute atomic E-state index is 0.207. The van der Waals surface area contributed by atoms with E-state index in [4.69, 9.17) is 4.74 Å². The van der Waals surface area contributed by atoms with E-state index in [-0.39, 0.29) is 6.04 Å². The van der Waals surface area contributed by atoms with Gasteiger partial charge in [0.25, 0.3) is 0 Å². The van der Waals surface area contributed by atoms with E-state index in [1.165, 1.54) is 0 Å². The first kappa shape index (κ1) is 10.9. The molecular formula is C11H19NO3. The Balaban J connectivity index is 2.09. The summed E-state index contributed by atoms with van der Waals surface area (Å²) in [5.41, 5.74) is -0.544. The average Bonchev–Trinajstić information content (AvgIpc) is 2.63. The molecule has 1 heterocycles. The molecule has 1 N–H and O–H groups in total. The van der Waals surface area contributed by atoms with Crippen LogP contribution in [0.25, 0.3) is 0 Å². The molecule has 0 amide bonds. The van der Waals surface area contributed by atoms with Crippen LogP contribution in [0.5, 0.6) is 0 Å². The van der Waals surface area contributed by atoms with E-state index in [1.807, 2.05) is 6.92 Å². The molecule has 2 aliphatic rings. The van der Waals surface area contributed by atoms with Gasteiger partial charge in [0.05, 0.1) is 18.6 Å². The third kappa shape index (κ3) is 1.88. The molecular weight excluding hydrogens is 194 g/mol. The van der Waals surface area contributed by atoms with Crippen molar-refractivity contribution in [1.29, 1.82) is 0 Å². The van der Waals surface area contributed by atoms with Crippen molar-refractivity contribution in [1.82, 2.24) is 4.90 Å². The van der Waals surface area contributed by atoms with Crippen molar-refractivity contribution in [2.75, 3.05) is 26.3 Å². The molecule has 1 aliphatic carbocycles. The summed E-state index contributed by atoms with van der Waals surface area (Å²) >= 11 is 0. The Bertz CT molecular complexity index is 250. The molecule has 2 atom stereocenters. The zero-order valence-corrected chi connectivity index (χ0v) is 9.24. The maximum absolute atomic E-state index is 11.3. The molecule has 0 spiro atoms.